The van der Waals surface area contributed by atoms with Gasteiger partial charge in [-0.1, -0.05) is 13.8 Å². The summed E-state index contributed by atoms with van der Waals surface area (Å²) in [7, 11) is 0. The summed E-state index contributed by atoms with van der Waals surface area (Å²) in [6.45, 7) is 9.33. The first-order chi connectivity index (χ1) is 6.72. The molecule has 0 aromatic carbocycles. The van der Waals surface area contributed by atoms with Gasteiger partial charge in [0.15, 0.2) is 0 Å². The minimum absolute atomic E-state index is 0.215. The van der Waals surface area contributed by atoms with Crippen molar-refractivity contribution in [2.75, 3.05) is 26.3 Å². The Bertz CT molecular complexity index is 189. The lowest BCUT2D eigenvalue weighted by atomic mass is 9.73. The number of nitrogens with zero attached hydrogens (tertiary/aromatic N) is 1. The Morgan fingerprint density at radius 1 is 1.21 bits per heavy atom. The van der Waals surface area contributed by atoms with E-state index in [-0.39, 0.29) is 5.91 Å². The maximum absolute atomic E-state index is 10.9. The predicted octanol–water partition coefficient (Wildman–Crippen LogP) is 1.67. The van der Waals surface area contributed by atoms with Crippen LogP contribution in [0.25, 0.3) is 0 Å². The smallest absolute Gasteiger partial charge is 0.219 e. The molecule has 82 valence electrons. The highest BCUT2D eigenvalue weighted by Gasteiger charge is 2.44. The molecule has 0 N–H and O–H groups in total. The molecule has 0 aromatic heterocycles. The normalized spacial score (nSPS) is 23.5. The van der Waals surface area contributed by atoms with E-state index in [2.05, 4.69) is 0 Å². The summed E-state index contributed by atoms with van der Waals surface area (Å²) in [6, 6.07) is 0. The van der Waals surface area contributed by atoms with Gasteiger partial charge in [-0.25, -0.2) is 0 Å². The molecule has 1 spiro atoms. The lowest BCUT2D eigenvalue weighted by Gasteiger charge is -2.51. The highest BCUT2D eigenvalue weighted by molar-refractivity contribution is 5.74. The van der Waals surface area contributed by atoms with Gasteiger partial charge >= 0.3 is 0 Å². The molecule has 3 heteroatoms. The molecule has 0 atom stereocenters. The van der Waals surface area contributed by atoms with Gasteiger partial charge in [-0.2, -0.15) is 0 Å². The van der Waals surface area contributed by atoms with Crippen LogP contribution in [-0.4, -0.2) is 37.1 Å². The lowest BCUT2D eigenvalue weighted by molar-refractivity contribution is -0.147. The predicted molar refractivity (Wildman–Crippen MR) is 56.1 cm³/mol. The molecule has 0 aromatic rings. The largest absolute Gasteiger partial charge is 0.381 e. The molecular weight excluding hydrogens is 178 g/mol. The lowest BCUT2D eigenvalue weighted by Crippen LogP contribution is -2.59. The fraction of sp³-hybridized carbons (Fsp3) is 0.909. The van der Waals surface area contributed by atoms with Crippen molar-refractivity contribution in [1.82, 2.24) is 4.90 Å². The third-order valence-electron chi connectivity index (χ3n) is 3.05. The maximum Gasteiger partial charge on any atom is 0.219 e. The van der Waals surface area contributed by atoms with E-state index in [4.69, 9.17) is 4.74 Å². The van der Waals surface area contributed by atoms with Gasteiger partial charge in [-0.3, -0.25) is 4.79 Å². The number of hydrogen-bond donors (Lipinski definition) is 0. The van der Waals surface area contributed by atoms with Gasteiger partial charge in [0.25, 0.3) is 0 Å². The zero-order chi connectivity index (χ0) is 10.6. The van der Waals surface area contributed by atoms with Crippen LogP contribution >= 0.6 is 0 Å². The van der Waals surface area contributed by atoms with E-state index in [1.54, 1.807) is 6.92 Å². The molecule has 2 rings (SSSR count). The summed E-state index contributed by atoms with van der Waals surface area (Å²) >= 11 is 0. The summed E-state index contributed by atoms with van der Waals surface area (Å²) < 4.78 is 5.29. The first kappa shape index (κ1) is 11.5. The van der Waals surface area contributed by atoms with Crippen molar-refractivity contribution in [1.29, 1.82) is 0 Å². The molecule has 14 heavy (non-hydrogen) atoms. The van der Waals surface area contributed by atoms with Crippen molar-refractivity contribution in [2.45, 2.75) is 33.6 Å². The Balaban J connectivity index is 0.000000461. The van der Waals surface area contributed by atoms with Gasteiger partial charge in [-0.05, 0) is 12.8 Å². The quantitative estimate of drug-likeness (QED) is 0.594. The molecule has 3 nitrogen and oxygen atoms in total. The first-order valence-electron chi connectivity index (χ1n) is 5.55. The van der Waals surface area contributed by atoms with E-state index in [0.717, 1.165) is 39.1 Å². The van der Waals surface area contributed by atoms with Crippen LogP contribution in [0.5, 0.6) is 0 Å². The van der Waals surface area contributed by atoms with Crippen LogP contribution in [0.4, 0.5) is 0 Å². The Labute approximate surface area is 86.4 Å². The van der Waals surface area contributed by atoms with E-state index in [1.807, 2.05) is 18.7 Å². The van der Waals surface area contributed by atoms with E-state index in [1.165, 1.54) is 0 Å². The monoisotopic (exact) mass is 199 g/mol. The highest BCUT2D eigenvalue weighted by Crippen LogP contribution is 2.39. The molecule has 2 fully saturated rings. The molecule has 1 amide bonds. The van der Waals surface area contributed by atoms with E-state index in [0.29, 0.717) is 5.41 Å². The zero-order valence-electron chi connectivity index (χ0n) is 9.51. The van der Waals surface area contributed by atoms with Crippen LogP contribution in [0.2, 0.25) is 0 Å². The van der Waals surface area contributed by atoms with Crippen molar-refractivity contribution in [3.8, 4) is 0 Å². The number of hydrogen-bond acceptors (Lipinski definition) is 2. The van der Waals surface area contributed by atoms with Crippen molar-refractivity contribution in [3.05, 3.63) is 0 Å². The molecule has 0 radical (unpaired) electrons. The fourth-order valence-corrected chi connectivity index (χ4v) is 2.11. The molecule has 0 unspecified atom stereocenters. The minimum Gasteiger partial charge on any atom is -0.381 e. The Hall–Kier alpha value is -0.570. The van der Waals surface area contributed by atoms with Crippen molar-refractivity contribution < 1.29 is 9.53 Å². The van der Waals surface area contributed by atoms with Gasteiger partial charge in [0, 0.05) is 38.6 Å². The van der Waals surface area contributed by atoms with Gasteiger partial charge in [0.05, 0.1) is 0 Å². The van der Waals surface area contributed by atoms with E-state index >= 15 is 0 Å². The standard InChI is InChI=1S/C9H15NO2.C2H6/c1-8(11)10-6-9(7-10)2-4-12-5-3-9;1-2/h2-7H2,1H3;1-2H3. The summed E-state index contributed by atoms with van der Waals surface area (Å²) in [6.07, 6.45) is 2.27. The first-order valence-corrected chi connectivity index (χ1v) is 5.55. The van der Waals surface area contributed by atoms with Crippen LogP contribution < -0.4 is 0 Å². The van der Waals surface area contributed by atoms with Crippen LogP contribution in [0, 0.1) is 5.41 Å². The molecule has 2 aliphatic heterocycles. The minimum atomic E-state index is 0.215. The number of carbonyl (C=O) groups excluding carboxylic acids is 1. The molecule has 0 bridgehead atoms. The molecule has 2 heterocycles. The highest BCUT2D eigenvalue weighted by atomic mass is 16.5. The SMILES string of the molecule is CC.CC(=O)N1CC2(CCOCC2)C1. The average Bonchev–Trinajstić information content (AvgIpc) is 2.18. The molecular formula is C11H21NO2. The number of amides is 1. The Kier molecular flexibility index (Phi) is 3.93. The molecule has 0 saturated carbocycles. The van der Waals surface area contributed by atoms with Gasteiger partial charge in [0.1, 0.15) is 0 Å². The number of likely N-dealkylation sites (tertiary alicyclic amines) is 1. The second-order valence-electron chi connectivity index (χ2n) is 3.99. The summed E-state index contributed by atoms with van der Waals surface area (Å²) in [5.74, 6) is 0.215. The second-order valence-corrected chi connectivity index (χ2v) is 3.99. The Morgan fingerprint density at radius 3 is 2.14 bits per heavy atom. The van der Waals surface area contributed by atoms with Gasteiger partial charge in [-0.15, -0.1) is 0 Å². The van der Waals surface area contributed by atoms with Crippen molar-refractivity contribution >= 4 is 5.91 Å². The van der Waals surface area contributed by atoms with Crippen molar-refractivity contribution in [2.24, 2.45) is 5.41 Å². The van der Waals surface area contributed by atoms with Gasteiger partial charge in [0.2, 0.25) is 5.91 Å². The van der Waals surface area contributed by atoms with Crippen LogP contribution in [0.3, 0.4) is 0 Å². The van der Waals surface area contributed by atoms with Crippen molar-refractivity contribution in [3.63, 3.8) is 0 Å². The maximum atomic E-state index is 10.9. The third-order valence-corrected chi connectivity index (χ3v) is 3.05. The summed E-state index contributed by atoms with van der Waals surface area (Å²) in [4.78, 5) is 12.9. The molecule has 0 aliphatic carbocycles. The second kappa shape index (κ2) is 4.78. The number of carbonyl (C=O) groups is 1. The van der Waals surface area contributed by atoms with Crippen LogP contribution in [0.15, 0.2) is 0 Å². The van der Waals surface area contributed by atoms with E-state index < -0.39 is 0 Å². The van der Waals surface area contributed by atoms with Crippen LogP contribution in [-0.2, 0) is 9.53 Å². The third kappa shape index (κ3) is 2.27. The Morgan fingerprint density at radius 2 is 1.71 bits per heavy atom. The average molecular weight is 199 g/mol. The summed E-state index contributed by atoms with van der Waals surface area (Å²) in [5, 5.41) is 0. The van der Waals surface area contributed by atoms with Crippen LogP contribution in [0.1, 0.15) is 33.6 Å². The number of ether oxygens (including phenoxy) is 1. The molecule has 2 aliphatic rings. The summed E-state index contributed by atoms with van der Waals surface area (Å²) in [5.41, 5.74) is 0.434. The zero-order valence-corrected chi connectivity index (χ0v) is 9.51. The number of rotatable bonds is 0. The topological polar surface area (TPSA) is 29.5 Å². The van der Waals surface area contributed by atoms with Gasteiger partial charge < -0.3 is 9.64 Å². The fourth-order valence-electron chi connectivity index (χ4n) is 2.11. The molecule has 2 saturated heterocycles. The van der Waals surface area contributed by atoms with E-state index in [9.17, 15) is 4.79 Å².